The van der Waals surface area contributed by atoms with Gasteiger partial charge in [0.1, 0.15) is 0 Å². The first kappa shape index (κ1) is 17.0. The van der Waals surface area contributed by atoms with Crippen molar-refractivity contribution in [3.8, 4) is 0 Å². The normalized spacial score (nSPS) is 10.6. The third kappa shape index (κ3) is 6.75. The van der Waals surface area contributed by atoms with Crippen LogP contribution in [0, 0.1) is 0 Å². The summed E-state index contributed by atoms with van der Waals surface area (Å²) < 4.78 is 4.62. The van der Waals surface area contributed by atoms with Crippen molar-refractivity contribution in [1.29, 1.82) is 0 Å². The maximum absolute atomic E-state index is 12.2. The van der Waals surface area contributed by atoms with E-state index in [0.717, 1.165) is 18.4 Å². The predicted molar refractivity (Wildman–Crippen MR) is 83.6 cm³/mol. The van der Waals surface area contributed by atoms with E-state index in [4.69, 9.17) is 0 Å². The van der Waals surface area contributed by atoms with Crippen LogP contribution in [0.2, 0.25) is 0 Å². The van der Waals surface area contributed by atoms with Crippen LogP contribution < -0.4 is 0 Å². The molecule has 4 nitrogen and oxygen atoms in total. The molecular weight excluding hydrogens is 266 g/mol. The zero-order chi connectivity index (χ0) is 15.5. The van der Waals surface area contributed by atoms with Gasteiger partial charge in [-0.2, -0.15) is 0 Å². The minimum absolute atomic E-state index is 0.0730. The standard InChI is InChI=1S/C17H23NO3/c1-3-4-13-18(14-12-17(20)21-2)16(19)11-10-15-8-6-5-7-9-15/h5-11H,3-4,12-14H2,1-2H3/b11-10+. The Balaban J connectivity index is 2.61. The molecule has 0 N–H and O–H groups in total. The summed E-state index contributed by atoms with van der Waals surface area (Å²) in [4.78, 5) is 25.1. The highest BCUT2D eigenvalue weighted by atomic mass is 16.5. The van der Waals surface area contributed by atoms with Crippen LogP contribution in [0.1, 0.15) is 31.7 Å². The summed E-state index contributed by atoms with van der Waals surface area (Å²) in [6.45, 7) is 3.12. The Morgan fingerprint density at radius 3 is 2.52 bits per heavy atom. The Labute approximate surface area is 126 Å². The number of nitrogens with zero attached hydrogens (tertiary/aromatic N) is 1. The number of ether oxygens (including phenoxy) is 1. The molecule has 0 atom stereocenters. The quantitative estimate of drug-likeness (QED) is 0.546. The lowest BCUT2D eigenvalue weighted by molar-refractivity contribution is -0.141. The molecule has 1 amide bonds. The molecule has 1 aromatic rings. The molecule has 21 heavy (non-hydrogen) atoms. The molecule has 0 aliphatic rings. The van der Waals surface area contributed by atoms with Gasteiger partial charge in [-0.15, -0.1) is 0 Å². The van der Waals surface area contributed by atoms with E-state index in [1.807, 2.05) is 30.3 Å². The molecule has 114 valence electrons. The summed E-state index contributed by atoms with van der Waals surface area (Å²) >= 11 is 0. The molecule has 1 aromatic carbocycles. The predicted octanol–water partition coefficient (Wildman–Crippen LogP) is 2.89. The first-order valence-electron chi connectivity index (χ1n) is 7.26. The van der Waals surface area contributed by atoms with E-state index >= 15 is 0 Å². The highest BCUT2D eigenvalue weighted by molar-refractivity contribution is 5.92. The van der Waals surface area contributed by atoms with Gasteiger partial charge >= 0.3 is 5.97 Å². The van der Waals surface area contributed by atoms with Crippen LogP contribution in [0.15, 0.2) is 36.4 Å². The number of methoxy groups -OCH3 is 1. The van der Waals surface area contributed by atoms with Crippen molar-refractivity contribution in [2.75, 3.05) is 20.2 Å². The molecule has 0 radical (unpaired) electrons. The molecule has 0 saturated carbocycles. The fourth-order valence-corrected chi connectivity index (χ4v) is 1.85. The van der Waals surface area contributed by atoms with Crippen molar-refractivity contribution in [2.24, 2.45) is 0 Å². The maximum Gasteiger partial charge on any atom is 0.307 e. The molecule has 0 aliphatic carbocycles. The molecular formula is C17H23NO3. The summed E-state index contributed by atoms with van der Waals surface area (Å²) in [6, 6.07) is 9.67. The van der Waals surface area contributed by atoms with E-state index in [1.165, 1.54) is 7.11 Å². The van der Waals surface area contributed by atoms with Gasteiger partial charge < -0.3 is 9.64 Å². The maximum atomic E-state index is 12.2. The Morgan fingerprint density at radius 2 is 1.90 bits per heavy atom. The van der Waals surface area contributed by atoms with Gasteiger partial charge in [-0.3, -0.25) is 9.59 Å². The number of hydrogen-bond donors (Lipinski definition) is 0. The Morgan fingerprint density at radius 1 is 1.19 bits per heavy atom. The molecule has 0 aliphatic heterocycles. The van der Waals surface area contributed by atoms with Crippen molar-refractivity contribution >= 4 is 18.0 Å². The number of benzene rings is 1. The summed E-state index contributed by atoms with van der Waals surface area (Å²) in [5, 5.41) is 0. The summed E-state index contributed by atoms with van der Waals surface area (Å²) in [7, 11) is 1.36. The zero-order valence-electron chi connectivity index (χ0n) is 12.7. The van der Waals surface area contributed by atoms with E-state index < -0.39 is 0 Å². The fourth-order valence-electron chi connectivity index (χ4n) is 1.85. The average Bonchev–Trinajstić information content (AvgIpc) is 2.53. The Kier molecular flexibility index (Phi) is 7.87. The van der Waals surface area contributed by atoms with Crippen LogP contribution in [-0.4, -0.2) is 37.0 Å². The topological polar surface area (TPSA) is 46.6 Å². The van der Waals surface area contributed by atoms with Crippen LogP contribution in [0.5, 0.6) is 0 Å². The second kappa shape index (κ2) is 9.75. The van der Waals surface area contributed by atoms with Crippen LogP contribution >= 0.6 is 0 Å². The van der Waals surface area contributed by atoms with Gasteiger partial charge in [0.2, 0.25) is 5.91 Å². The largest absolute Gasteiger partial charge is 0.469 e. The number of rotatable bonds is 8. The second-order valence-electron chi connectivity index (χ2n) is 4.75. The van der Waals surface area contributed by atoms with E-state index in [0.29, 0.717) is 13.1 Å². The summed E-state index contributed by atoms with van der Waals surface area (Å²) in [6.07, 6.45) is 5.50. The fraction of sp³-hybridized carbons (Fsp3) is 0.412. The highest BCUT2D eigenvalue weighted by Crippen LogP contribution is 2.04. The van der Waals surface area contributed by atoms with Crippen LogP contribution in [0.4, 0.5) is 0 Å². The summed E-state index contributed by atoms with van der Waals surface area (Å²) in [5.74, 6) is -0.368. The number of carbonyl (C=O) groups excluding carboxylic acids is 2. The molecule has 0 bridgehead atoms. The number of esters is 1. The second-order valence-corrected chi connectivity index (χ2v) is 4.75. The van der Waals surface area contributed by atoms with Crippen molar-refractivity contribution in [1.82, 2.24) is 4.90 Å². The van der Waals surface area contributed by atoms with Crippen LogP contribution in [0.3, 0.4) is 0 Å². The third-order valence-corrected chi connectivity index (χ3v) is 3.12. The van der Waals surface area contributed by atoms with Gasteiger partial charge in [0.15, 0.2) is 0 Å². The van der Waals surface area contributed by atoms with Crippen LogP contribution in [-0.2, 0) is 14.3 Å². The van der Waals surface area contributed by atoms with Crippen LogP contribution in [0.25, 0.3) is 6.08 Å². The SMILES string of the molecule is CCCCN(CCC(=O)OC)C(=O)/C=C/c1ccccc1. The van der Waals surface area contributed by atoms with Gasteiger partial charge in [0, 0.05) is 19.2 Å². The summed E-state index contributed by atoms with van der Waals surface area (Å²) in [5.41, 5.74) is 0.981. The first-order chi connectivity index (χ1) is 10.2. The van der Waals surface area contributed by atoms with E-state index in [2.05, 4.69) is 11.7 Å². The lowest BCUT2D eigenvalue weighted by atomic mass is 10.2. The molecule has 0 fully saturated rings. The lowest BCUT2D eigenvalue weighted by Gasteiger charge is -2.20. The van der Waals surface area contributed by atoms with E-state index in [-0.39, 0.29) is 18.3 Å². The Bertz CT molecular complexity index is 468. The molecule has 0 spiro atoms. The van der Waals surface area contributed by atoms with Crippen molar-refractivity contribution in [3.05, 3.63) is 42.0 Å². The smallest absolute Gasteiger partial charge is 0.307 e. The molecule has 4 heteroatoms. The van der Waals surface area contributed by atoms with Crippen molar-refractivity contribution in [3.63, 3.8) is 0 Å². The monoisotopic (exact) mass is 289 g/mol. The van der Waals surface area contributed by atoms with Gasteiger partial charge in [-0.25, -0.2) is 0 Å². The molecule has 1 rings (SSSR count). The molecule has 0 heterocycles. The minimum atomic E-state index is -0.295. The number of hydrogen-bond acceptors (Lipinski definition) is 3. The minimum Gasteiger partial charge on any atom is -0.469 e. The third-order valence-electron chi connectivity index (χ3n) is 3.12. The van der Waals surface area contributed by atoms with Gasteiger partial charge in [-0.1, -0.05) is 43.7 Å². The number of unbranched alkanes of at least 4 members (excludes halogenated alkanes) is 1. The number of amides is 1. The number of carbonyl (C=O) groups is 2. The Hall–Kier alpha value is -2.10. The average molecular weight is 289 g/mol. The highest BCUT2D eigenvalue weighted by Gasteiger charge is 2.12. The van der Waals surface area contributed by atoms with E-state index in [9.17, 15) is 9.59 Å². The van der Waals surface area contributed by atoms with Gasteiger partial charge in [0.05, 0.1) is 13.5 Å². The molecule has 0 unspecified atom stereocenters. The molecule has 0 saturated heterocycles. The van der Waals surface area contributed by atoms with Gasteiger partial charge in [-0.05, 0) is 18.1 Å². The van der Waals surface area contributed by atoms with Crippen molar-refractivity contribution in [2.45, 2.75) is 26.2 Å². The zero-order valence-corrected chi connectivity index (χ0v) is 12.7. The first-order valence-corrected chi connectivity index (χ1v) is 7.26. The van der Waals surface area contributed by atoms with E-state index in [1.54, 1.807) is 17.1 Å². The molecule has 0 aromatic heterocycles. The van der Waals surface area contributed by atoms with Gasteiger partial charge in [0.25, 0.3) is 0 Å². The lowest BCUT2D eigenvalue weighted by Crippen LogP contribution is -2.32. The van der Waals surface area contributed by atoms with Crippen molar-refractivity contribution < 1.29 is 14.3 Å².